The number of hydrogen-bond acceptors (Lipinski definition) is 2. The Morgan fingerprint density at radius 2 is 2.00 bits per heavy atom. The maximum atomic E-state index is 14.3. The summed E-state index contributed by atoms with van der Waals surface area (Å²) in [5.41, 5.74) is 6.73. The molecule has 1 aromatic carbocycles. The second kappa shape index (κ2) is 6.18. The van der Waals surface area contributed by atoms with E-state index in [0.29, 0.717) is 11.4 Å². The summed E-state index contributed by atoms with van der Waals surface area (Å²) in [5.74, 6) is 1.39. The van der Waals surface area contributed by atoms with Gasteiger partial charge in [-0.15, -0.1) is 0 Å². The molecule has 21 heavy (non-hydrogen) atoms. The third-order valence-electron chi connectivity index (χ3n) is 4.85. The van der Waals surface area contributed by atoms with Gasteiger partial charge in [-0.1, -0.05) is 19.3 Å². The SMILES string of the molecule is NC(=S)Nc1ccc(N2CCC3CCCCC3C2)c(F)c1. The Balaban J connectivity index is 1.73. The fourth-order valence-corrected chi connectivity index (χ4v) is 3.92. The first kappa shape index (κ1) is 14.6. The summed E-state index contributed by atoms with van der Waals surface area (Å²) >= 11 is 4.78. The molecule has 1 aliphatic heterocycles. The molecule has 3 N–H and O–H groups in total. The van der Waals surface area contributed by atoms with Crippen molar-refractivity contribution in [3.8, 4) is 0 Å². The van der Waals surface area contributed by atoms with Gasteiger partial charge < -0.3 is 16.0 Å². The highest BCUT2D eigenvalue weighted by Gasteiger charge is 2.31. The van der Waals surface area contributed by atoms with Crippen LogP contribution in [-0.2, 0) is 0 Å². The highest BCUT2D eigenvalue weighted by atomic mass is 32.1. The Bertz CT molecular complexity index is 534. The fourth-order valence-electron chi connectivity index (χ4n) is 3.80. The van der Waals surface area contributed by atoms with E-state index in [1.807, 2.05) is 12.1 Å². The van der Waals surface area contributed by atoms with E-state index in [9.17, 15) is 4.39 Å². The molecule has 3 rings (SSSR count). The van der Waals surface area contributed by atoms with Crippen LogP contribution in [0.3, 0.4) is 0 Å². The van der Waals surface area contributed by atoms with E-state index in [2.05, 4.69) is 10.2 Å². The largest absolute Gasteiger partial charge is 0.376 e. The first-order valence-corrected chi connectivity index (χ1v) is 8.15. The maximum Gasteiger partial charge on any atom is 0.168 e. The van der Waals surface area contributed by atoms with Crippen LogP contribution in [0.5, 0.6) is 0 Å². The van der Waals surface area contributed by atoms with Gasteiger partial charge in [0.1, 0.15) is 5.82 Å². The highest BCUT2D eigenvalue weighted by molar-refractivity contribution is 7.80. The van der Waals surface area contributed by atoms with Gasteiger partial charge in [0.25, 0.3) is 0 Å². The third kappa shape index (κ3) is 3.28. The number of benzene rings is 1. The van der Waals surface area contributed by atoms with E-state index in [1.165, 1.54) is 38.2 Å². The number of nitrogens with two attached hydrogens (primary N) is 1. The molecule has 2 atom stereocenters. The number of rotatable bonds is 2. The zero-order valence-electron chi connectivity index (χ0n) is 12.1. The molecule has 114 valence electrons. The van der Waals surface area contributed by atoms with Crippen LogP contribution in [0.25, 0.3) is 0 Å². The number of fused-ring (bicyclic) bond motifs is 1. The van der Waals surface area contributed by atoms with Crippen molar-refractivity contribution in [3.63, 3.8) is 0 Å². The molecule has 5 heteroatoms. The van der Waals surface area contributed by atoms with Crippen LogP contribution < -0.4 is 16.0 Å². The molecular weight excluding hydrogens is 285 g/mol. The quantitative estimate of drug-likeness (QED) is 0.821. The summed E-state index contributed by atoms with van der Waals surface area (Å²) in [6.07, 6.45) is 6.54. The highest BCUT2D eigenvalue weighted by Crippen LogP contribution is 2.38. The number of anilines is 2. The minimum absolute atomic E-state index is 0.158. The second-order valence-corrected chi connectivity index (χ2v) is 6.63. The number of thiocarbonyl (C=S) groups is 1. The first-order valence-electron chi connectivity index (χ1n) is 7.74. The molecule has 2 aliphatic rings. The van der Waals surface area contributed by atoms with Crippen molar-refractivity contribution in [2.75, 3.05) is 23.3 Å². The lowest BCUT2D eigenvalue weighted by Crippen LogP contribution is -2.42. The topological polar surface area (TPSA) is 41.3 Å². The van der Waals surface area contributed by atoms with Crippen molar-refractivity contribution in [2.24, 2.45) is 17.6 Å². The number of hydrogen-bond donors (Lipinski definition) is 2. The maximum absolute atomic E-state index is 14.3. The van der Waals surface area contributed by atoms with Gasteiger partial charge in [0.15, 0.2) is 5.11 Å². The fraction of sp³-hybridized carbons (Fsp3) is 0.562. The van der Waals surface area contributed by atoms with E-state index in [4.69, 9.17) is 18.0 Å². The molecule has 1 aromatic rings. The van der Waals surface area contributed by atoms with E-state index in [0.717, 1.165) is 24.9 Å². The first-order chi connectivity index (χ1) is 10.1. The molecule has 0 bridgehead atoms. The van der Waals surface area contributed by atoms with Gasteiger partial charge in [-0.05, 0) is 55.1 Å². The van der Waals surface area contributed by atoms with E-state index in [-0.39, 0.29) is 10.9 Å². The Labute approximate surface area is 130 Å². The van der Waals surface area contributed by atoms with Crippen LogP contribution in [0.4, 0.5) is 15.8 Å². The lowest BCUT2D eigenvalue weighted by atomic mass is 9.75. The summed E-state index contributed by atoms with van der Waals surface area (Å²) < 4.78 is 14.3. The summed E-state index contributed by atoms with van der Waals surface area (Å²) in [6.45, 7) is 1.95. The number of halogens is 1. The molecule has 1 heterocycles. The van der Waals surface area contributed by atoms with Crippen molar-refractivity contribution in [1.29, 1.82) is 0 Å². The molecular formula is C16H22FN3S. The molecule has 0 amide bonds. The average molecular weight is 307 g/mol. The predicted molar refractivity (Wildman–Crippen MR) is 89.1 cm³/mol. The molecule has 0 spiro atoms. The van der Waals surface area contributed by atoms with Crippen LogP contribution in [0, 0.1) is 17.7 Å². The number of nitrogens with zero attached hydrogens (tertiary/aromatic N) is 1. The van der Waals surface area contributed by atoms with Crippen LogP contribution in [-0.4, -0.2) is 18.2 Å². The molecule has 0 radical (unpaired) electrons. The normalized spacial score (nSPS) is 25.3. The minimum atomic E-state index is -0.203. The standard InChI is InChI=1S/C16H22FN3S/c17-14-9-13(19-16(18)21)5-6-15(14)20-8-7-11-3-1-2-4-12(11)10-20/h5-6,9,11-12H,1-4,7-8,10H2,(H3,18,19,21). The van der Waals surface area contributed by atoms with Crippen LogP contribution in [0.1, 0.15) is 32.1 Å². The Morgan fingerprint density at radius 3 is 2.71 bits per heavy atom. The molecule has 1 saturated carbocycles. The Hall–Kier alpha value is -1.36. The van der Waals surface area contributed by atoms with E-state index in [1.54, 1.807) is 0 Å². The van der Waals surface area contributed by atoms with Crippen molar-refractivity contribution >= 4 is 28.7 Å². The van der Waals surface area contributed by atoms with Crippen molar-refractivity contribution in [3.05, 3.63) is 24.0 Å². The zero-order valence-corrected chi connectivity index (χ0v) is 13.0. The van der Waals surface area contributed by atoms with Gasteiger partial charge in [-0.2, -0.15) is 0 Å². The second-order valence-electron chi connectivity index (χ2n) is 6.19. The molecule has 1 saturated heterocycles. The summed E-state index contributed by atoms with van der Waals surface area (Å²) in [7, 11) is 0. The third-order valence-corrected chi connectivity index (χ3v) is 4.95. The van der Waals surface area contributed by atoms with Gasteiger partial charge in [0, 0.05) is 18.8 Å². The van der Waals surface area contributed by atoms with Crippen molar-refractivity contribution in [2.45, 2.75) is 32.1 Å². The van der Waals surface area contributed by atoms with Crippen molar-refractivity contribution in [1.82, 2.24) is 0 Å². The van der Waals surface area contributed by atoms with Gasteiger partial charge in [0.05, 0.1) is 5.69 Å². The lowest BCUT2D eigenvalue weighted by molar-refractivity contribution is 0.202. The molecule has 1 aliphatic carbocycles. The smallest absolute Gasteiger partial charge is 0.168 e. The van der Waals surface area contributed by atoms with Gasteiger partial charge in [-0.3, -0.25) is 0 Å². The van der Waals surface area contributed by atoms with Gasteiger partial charge in [0.2, 0.25) is 0 Å². The van der Waals surface area contributed by atoms with Crippen LogP contribution in [0.15, 0.2) is 18.2 Å². The van der Waals surface area contributed by atoms with E-state index < -0.39 is 0 Å². The summed E-state index contributed by atoms with van der Waals surface area (Å²) in [5, 5.41) is 2.93. The molecule has 3 nitrogen and oxygen atoms in total. The zero-order chi connectivity index (χ0) is 14.8. The van der Waals surface area contributed by atoms with Crippen LogP contribution >= 0.6 is 12.2 Å². The van der Waals surface area contributed by atoms with Gasteiger partial charge in [-0.25, -0.2) is 4.39 Å². The Morgan fingerprint density at radius 1 is 1.24 bits per heavy atom. The minimum Gasteiger partial charge on any atom is -0.376 e. The lowest BCUT2D eigenvalue weighted by Gasteiger charge is -2.42. The summed E-state index contributed by atoms with van der Waals surface area (Å²) in [6, 6.07) is 5.14. The Kier molecular flexibility index (Phi) is 4.29. The van der Waals surface area contributed by atoms with Crippen LogP contribution in [0.2, 0.25) is 0 Å². The number of nitrogens with one attached hydrogen (secondary N) is 1. The van der Waals surface area contributed by atoms with Gasteiger partial charge >= 0.3 is 0 Å². The number of piperidine rings is 1. The predicted octanol–water partition coefficient (Wildman–Crippen LogP) is 3.50. The molecule has 2 unspecified atom stereocenters. The molecule has 0 aromatic heterocycles. The van der Waals surface area contributed by atoms with Crippen molar-refractivity contribution < 1.29 is 4.39 Å². The summed E-state index contributed by atoms with van der Waals surface area (Å²) in [4.78, 5) is 2.20. The molecule has 2 fully saturated rings. The monoisotopic (exact) mass is 307 g/mol. The average Bonchev–Trinajstić information content (AvgIpc) is 2.46. The van der Waals surface area contributed by atoms with E-state index >= 15 is 0 Å².